The van der Waals surface area contributed by atoms with E-state index < -0.39 is 78.8 Å². The van der Waals surface area contributed by atoms with Crippen molar-refractivity contribution in [2.24, 2.45) is 57.9 Å². The highest BCUT2D eigenvalue weighted by Gasteiger charge is 2.63. The molecule has 49 heavy (non-hydrogen) atoms. The van der Waals surface area contributed by atoms with Crippen LogP contribution in [0.3, 0.4) is 0 Å². The van der Waals surface area contributed by atoms with Crippen molar-refractivity contribution in [2.45, 2.75) is 125 Å². The van der Waals surface area contributed by atoms with Crippen LogP contribution >= 0.6 is 0 Å². The Morgan fingerprint density at radius 2 is 1.82 bits per heavy atom. The number of nitrogens with two attached hydrogens (primary N) is 2. The minimum atomic E-state index is -1.96. The van der Waals surface area contributed by atoms with Gasteiger partial charge < -0.3 is 61.8 Å². The molecule has 2 heterocycles. The Balaban J connectivity index is 1.21. The second kappa shape index (κ2) is 15.1. The van der Waals surface area contributed by atoms with E-state index in [-0.39, 0.29) is 60.3 Å². The van der Waals surface area contributed by atoms with Crippen molar-refractivity contribution in [1.29, 1.82) is 0 Å². The molecule has 15 heteroatoms. The molecule has 0 aromatic rings. The van der Waals surface area contributed by atoms with E-state index in [4.69, 9.17) is 25.7 Å². The third kappa shape index (κ3) is 6.92. The lowest BCUT2D eigenvalue weighted by Crippen LogP contribution is -2.68. The lowest BCUT2D eigenvalue weighted by atomic mass is 9.51. The third-order valence-corrected chi connectivity index (χ3v) is 12.9. The Bertz CT molecular complexity index is 1220. The standard InChI is InChI=1S/C34H57N5O10/c1-37-33(36)39-20-5-3-4-16-11-18-26(28(42)24(16)20)29(43)25-19(27(18)41)12-17(47-2)13-21(25)48-32-30(44)31(45)34(46,22(14-40)49-32)8-6-15-7-9-38-23(35)10-15/h15-26,28,30-32,38,40,42,44-46H,3-14,35H2,1-2H3,(H3,36,37,39). The number of methoxy groups -OCH3 is 1. The number of carbonyl (C=O) groups is 2. The summed E-state index contributed by atoms with van der Waals surface area (Å²) in [7, 11) is 3.11. The zero-order valence-corrected chi connectivity index (χ0v) is 28.6. The number of nitrogens with zero attached hydrogens (tertiary/aromatic N) is 1. The number of ether oxygens (including phenoxy) is 3. The lowest BCUT2D eigenvalue weighted by molar-refractivity contribution is -0.346. The van der Waals surface area contributed by atoms with Crippen LogP contribution in [0.5, 0.6) is 0 Å². The molecule has 17 unspecified atom stereocenters. The highest BCUT2D eigenvalue weighted by Crippen LogP contribution is 2.53. The van der Waals surface area contributed by atoms with E-state index in [1.807, 2.05) is 0 Å². The number of guanidine groups is 1. The van der Waals surface area contributed by atoms with Crippen LogP contribution in [0.1, 0.15) is 64.2 Å². The first-order chi connectivity index (χ1) is 23.4. The highest BCUT2D eigenvalue weighted by atomic mass is 16.7. The Labute approximate surface area is 287 Å². The number of aliphatic imine (C=N–C) groups is 1. The normalized spacial score (nSPS) is 49.1. The van der Waals surface area contributed by atoms with Gasteiger partial charge in [0, 0.05) is 44.4 Å². The largest absolute Gasteiger partial charge is 0.394 e. The SMILES string of the molecule is CN=C(N)NC1CCCC2CC3C(=O)C4CC(OC)CC(OC5OC(CO)C(O)(CCC6CCNC(N)C6)C(O)C5O)C4C(=O)C3C(O)C21. The molecule has 278 valence electrons. The average molecular weight is 696 g/mol. The maximum atomic E-state index is 14.5. The topological polar surface area (TPSA) is 251 Å². The molecule has 4 aliphatic carbocycles. The van der Waals surface area contributed by atoms with Gasteiger partial charge in [0.25, 0.3) is 0 Å². The number of Topliss-reactive ketones (excluding diaryl/α,β-unsaturated/α-hetero) is 2. The van der Waals surface area contributed by atoms with Gasteiger partial charge in [-0.3, -0.25) is 14.6 Å². The van der Waals surface area contributed by atoms with Crippen molar-refractivity contribution in [1.82, 2.24) is 10.6 Å². The van der Waals surface area contributed by atoms with Gasteiger partial charge in [-0.25, -0.2) is 0 Å². The molecule has 0 bridgehead atoms. The minimum Gasteiger partial charge on any atom is -0.394 e. The van der Waals surface area contributed by atoms with Gasteiger partial charge in [-0.1, -0.05) is 6.42 Å². The number of aliphatic hydroxyl groups is 5. The Morgan fingerprint density at radius 1 is 1.06 bits per heavy atom. The molecule has 0 aromatic carbocycles. The smallest absolute Gasteiger partial charge is 0.188 e. The van der Waals surface area contributed by atoms with E-state index in [0.29, 0.717) is 25.7 Å². The third-order valence-electron chi connectivity index (χ3n) is 12.9. The Kier molecular flexibility index (Phi) is 11.4. The number of rotatable bonds is 8. The summed E-state index contributed by atoms with van der Waals surface area (Å²) in [4.78, 5) is 32.8. The van der Waals surface area contributed by atoms with Crippen molar-refractivity contribution in [3.05, 3.63) is 0 Å². The molecule has 6 fully saturated rings. The van der Waals surface area contributed by atoms with Crippen molar-refractivity contribution in [3.63, 3.8) is 0 Å². The molecule has 4 saturated carbocycles. The maximum Gasteiger partial charge on any atom is 0.188 e. The summed E-state index contributed by atoms with van der Waals surface area (Å²) in [5, 5.41) is 62.8. The minimum absolute atomic E-state index is 0.0438. The summed E-state index contributed by atoms with van der Waals surface area (Å²) in [6.07, 6.45) is -3.23. The summed E-state index contributed by atoms with van der Waals surface area (Å²) >= 11 is 0. The summed E-state index contributed by atoms with van der Waals surface area (Å²) in [6, 6.07) is -0.191. The number of hydrogen-bond donors (Lipinski definition) is 9. The molecule has 15 nitrogen and oxygen atoms in total. The molecule has 6 rings (SSSR count). The predicted octanol–water partition coefficient (Wildman–Crippen LogP) is -1.88. The van der Waals surface area contributed by atoms with Crippen LogP contribution in [0.25, 0.3) is 0 Å². The van der Waals surface area contributed by atoms with E-state index in [2.05, 4.69) is 15.6 Å². The van der Waals surface area contributed by atoms with E-state index in [1.54, 1.807) is 7.05 Å². The zero-order chi connectivity index (χ0) is 35.2. The van der Waals surface area contributed by atoms with E-state index in [9.17, 15) is 35.1 Å². The molecule has 0 spiro atoms. The summed E-state index contributed by atoms with van der Waals surface area (Å²) in [5.41, 5.74) is 10.1. The van der Waals surface area contributed by atoms with Gasteiger partial charge in [0.05, 0.1) is 42.9 Å². The Hall–Kier alpha value is -1.79. The molecule has 0 aromatic heterocycles. The maximum absolute atomic E-state index is 14.5. The molecule has 2 saturated heterocycles. The number of hydrogen-bond acceptors (Lipinski definition) is 13. The van der Waals surface area contributed by atoms with Gasteiger partial charge in [0.15, 0.2) is 12.2 Å². The van der Waals surface area contributed by atoms with E-state index in [1.165, 1.54) is 7.11 Å². The molecule has 0 amide bonds. The van der Waals surface area contributed by atoms with Crippen LogP contribution < -0.4 is 22.1 Å². The van der Waals surface area contributed by atoms with Gasteiger partial charge in [-0.2, -0.15) is 0 Å². The van der Waals surface area contributed by atoms with Gasteiger partial charge in [0.2, 0.25) is 0 Å². The fourth-order valence-corrected chi connectivity index (χ4v) is 10.4. The molecule has 6 aliphatic rings. The fourth-order valence-electron chi connectivity index (χ4n) is 10.4. The summed E-state index contributed by atoms with van der Waals surface area (Å²) in [6.45, 7) is 0.0832. The van der Waals surface area contributed by atoms with Gasteiger partial charge in [0.1, 0.15) is 35.5 Å². The number of ketones is 2. The first-order valence-electron chi connectivity index (χ1n) is 18.2. The summed E-state index contributed by atoms with van der Waals surface area (Å²) < 4.78 is 18.0. The number of piperidine rings is 1. The van der Waals surface area contributed by atoms with Crippen LogP contribution in [-0.2, 0) is 23.8 Å². The number of aliphatic hydroxyl groups excluding tert-OH is 4. The monoisotopic (exact) mass is 695 g/mol. The lowest BCUT2D eigenvalue weighted by Gasteiger charge is -2.55. The number of nitrogens with one attached hydrogen (secondary N) is 2. The molecular formula is C34H57N5O10. The molecule has 2 aliphatic heterocycles. The van der Waals surface area contributed by atoms with Crippen LogP contribution in [0, 0.1) is 41.4 Å². The average Bonchev–Trinajstić information content (AvgIpc) is 3.09. The van der Waals surface area contributed by atoms with Crippen molar-refractivity contribution in [2.75, 3.05) is 27.3 Å². The number of fused-ring (bicyclic) bond motifs is 3. The molecular weight excluding hydrogens is 638 g/mol. The van der Waals surface area contributed by atoms with Crippen molar-refractivity contribution < 1.29 is 49.3 Å². The van der Waals surface area contributed by atoms with Crippen molar-refractivity contribution in [3.8, 4) is 0 Å². The van der Waals surface area contributed by atoms with Gasteiger partial charge in [-0.05, 0) is 69.7 Å². The second-order valence-corrected chi connectivity index (χ2v) is 15.5. The van der Waals surface area contributed by atoms with E-state index in [0.717, 1.165) is 32.2 Å². The molecule has 17 atom stereocenters. The van der Waals surface area contributed by atoms with Crippen LogP contribution in [-0.4, -0.2) is 131 Å². The first-order valence-corrected chi connectivity index (χ1v) is 18.2. The second-order valence-electron chi connectivity index (χ2n) is 15.5. The first kappa shape index (κ1) is 37.0. The van der Waals surface area contributed by atoms with E-state index >= 15 is 0 Å². The van der Waals surface area contributed by atoms with Crippen molar-refractivity contribution >= 4 is 17.5 Å². The highest BCUT2D eigenvalue weighted by molar-refractivity contribution is 6.00. The number of carbonyl (C=O) groups excluding carboxylic acids is 2. The van der Waals surface area contributed by atoms with Crippen LogP contribution in [0.15, 0.2) is 4.99 Å². The van der Waals surface area contributed by atoms with Crippen LogP contribution in [0.4, 0.5) is 0 Å². The van der Waals surface area contributed by atoms with Gasteiger partial charge in [-0.15, -0.1) is 0 Å². The fraction of sp³-hybridized carbons (Fsp3) is 0.912. The predicted molar refractivity (Wildman–Crippen MR) is 175 cm³/mol. The molecule has 11 N–H and O–H groups in total. The molecule has 0 radical (unpaired) electrons. The quantitative estimate of drug-likeness (QED) is 0.0996. The Morgan fingerprint density at radius 3 is 2.51 bits per heavy atom. The summed E-state index contributed by atoms with van der Waals surface area (Å²) in [5.74, 6) is -3.35. The zero-order valence-electron chi connectivity index (χ0n) is 28.6. The van der Waals surface area contributed by atoms with Gasteiger partial charge >= 0.3 is 0 Å². The van der Waals surface area contributed by atoms with Crippen LogP contribution in [0.2, 0.25) is 0 Å².